The maximum atomic E-state index is 12.0. The van der Waals surface area contributed by atoms with Crippen molar-refractivity contribution < 1.29 is 24.5 Å². The molecular weight excluding hydrogens is 322 g/mol. The van der Waals surface area contributed by atoms with E-state index in [2.05, 4.69) is 26.1 Å². The monoisotopic (exact) mass is 343 g/mol. The Hall–Kier alpha value is -3.02. The Morgan fingerprint density at radius 1 is 1.08 bits per heavy atom. The largest absolute Gasteiger partial charge is 0.508 e. The van der Waals surface area contributed by atoms with Gasteiger partial charge in [0, 0.05) is 0 Å². The molecule has 0 saturated heterocycles. The molecule has 0 atom stereocenters. The number of nitrogens with one attached hydrogen (secondary N) is 1. The van der Waals surface area contributed by atoms with Gasteiger partial charge in [-0.3, -0.25) is 4.79 Å². The number of amides is 1. The number of ether oxygens (including phenoxy) is 1. The van der Waals surface area contributed by atoms with Crippen LogP contribution in [0.1, 0.15) is 36.7 Å². The van der Waals surface area contributed by atoms with Gasteiger partial charge in [0.15, 0.2) is 6.61 Å². The van der Waals surface area contributed by atoms with Crippen LogP contribution in [0.4, 0.5) is 5.69 Å². The van der Waals surface area contributed by atoms with Crippen LogP contribution in [-0.4, -0.2) is 28.7 Å². The van der Waals surface area contributed by atoms with Crippen molar-refractivity contribution in [2.24, 2.45) is 0 Å². The fourth-order valence-electron chi connectivity index (χ4n) is 2.20. The van der Waals surface area contributed by atoms with Crippen LogP contribution in [-0.2, 0) is 10.2 Å². The molecule has 25 heavy (non-hydrogen) atoms. The number of anilines is 1. The molecule has 0 bridgehead atoms. The molecule has 0 unspecified atom stereocenters. The van der Waals surface area contributed by atoms with Gasteiger partial charge in [0.1, 0.15) is 11.5 Å². The number of hydrogen-bond acceptors (Lipinski definition) is 4. The highest BCUT2D eigenvalue weighted by atomic mass is 16.5. The van der Waals surface area contributed by atoms with Crippen LogP contribution in [0.5, 0.6) is 11.5 Å². The van der Waals surface area contributed by atoms with Crippen LogP contribution < -0.4 is 10.1 Å². The zero-order valence-corrected chi connectivity index (χ0v) is 14.4. The Balaban J connectivity index is 1.99. The van der Waals surface area contributed by atoms with E-state index >= 15 is 0 Å². The van der Waals surface area contributed by atoms with Crippen LogP contribution in [0.3, 0.4) is 0 Å². The van der Waals surface area contributed by atoms with E-state index in [1.807, 2.05) is 12.1 Å². The lowest BCUT2D eigenvalue weighted by atomic mass is 9.87. The van der Waals surface area contributed by atoms with Crippen molar-refractivity contribution >= 4 is 17.6 Å². The van der Waals surface area contributed by atoms with Crippen molar-refractivity contribution in [1.29, 1.82) is 0 Å². The lowest BCUT2D eigenvalue weighted by molar-refractivity contribution is -0.118. The van der Waals surface area contributed by atoms with Gasteiger partial charge in [0.25, 0.3) is 5.91 Å². The van der Waals surface area contributed by atoms with Crippen molar-refractivity contribution in [2.45, 2.75) is 26.2 Å². The Kier molecular flexibility index (Phi) is 5.32. The second-order valence-corrected chi connectivity index (χ2v) is 6.65. The first-order chi connectivity index (χ1) is 11.7. The van der Waals surface area contributed by atoms with Crippen molar-refractivity contribution in [3.63, 3.8) is 0 Å². The molecule has 0 aliphatic carbocycles. The molecule has 2 rings (SSSR count). The average Bonchev–Trinajstić information content (AvgIpc) is 2.54. The second kappa shape index (κ2) is 7.25. The number of benzene rings is 2. The number of phenols is 1. The van der Waals surface area contributed by atoms with E-state index < -0.39 is 11.9 Å². The predicted octanol–water partition coefficient (Wildman–Crippen LogP) is 3.41. The SMILES string of the molecule is CC(C)(C)c1ccc(OCC(=O)Nc2ccc(O)cc2C(=O)O)cc1. The van der Waals surface area contributed by atoms with Gasteiger partial charge in [-0.2, -0.15) is 0 Å². The number of carboxylic acid groups (broad SMARTS) is 1. The second-order valence-electron chi connectivity index (χ2n) is 6.65. The number of aromatic hydroxyl groups is 1. The van der Waals surface area contributed by atoms with E-state index in [-0.39, 0.29) is 29.0 Å². The average molecular weight is 343 g/mol. The Labute approximate surface area is 146 Å². The summed E-state index contributed by atoms with van der Waals surface area (Å²) < 4.78 is 5.42. The van der Waals surface area contributed by atoms with E-state index in [4.69, 9.17) is 9.84 Å². The maximum absolute atomic E-state index is 12.0. The predicted molar refractivity (Wildman–Crippen MR) is 94.3 cm³/mol. The Morgan fingerprint density at radius 3 is 2.28 bits per heavy atom. The van der Waals surface area contributed by atoms with Crippen LogP contribution in [0, 0.1) is 0 Å². The lowest BCUT2D eigenvalue weighted by Gasteiger charge is -2.19. The summed E-state index contributed by atoms with van der Waals surface area (Å²) >= 11 is 0. The molecule has 3 N–H and O–H groups in total. The minimum absolute atomic E-state index is 0.0298. The standard InChI is InChI=1S/C19H21NO5/c1-19(2,3)12-4-7-14(8-5-12)25-11-17(22)20-16-9-6-13(21)10-15(16)18(23)24/h4-10,21H,11H2,1-3H3,(H,20,22)(H,23,24). The molecule has 0 spiro atoms. The number of carbonyl (C=O) groups is 2. The van der Waals surface area contributed by atoms with E-state index in [9.17, 15) is 14.7 Å². The maximum Gasteiger partial charge on any atom is 0.337 e. The van der Waals surface area contributed by atoms with Gasteiger partial charge in [-0.15, -0.1) is 0 Å². The van der Waals surface area contributed by atoms with Crippen LogP contribution in [0.2, 0.25) is 0 Å². The third kappa shape index (κ3) is 4.97. The molecule has 0 fully saturated rings. The Bertz CT molecular complexity index is 775. The summed E-state index contributed by atoms with van der Waals surface area (Å²) in [5.74, 6) is -1.38. The molecule has 0 radical (unpaired) electrons. The third-order valence-corrected chi connectivity index (χ3v) is 3.60. The number of carboxylic acids is 1. The van der Waals surface area contributed by atoms with Crippen molar-refractivity contribution in [1.82, 2.24) is 0 Å². The van der Waals surface area contributed by atoms with Gasteiger partial charge in [0.05, 0.1) is 11.3 Å². The molecule has 0 heterocycles. The number of rotatable bonds is 5. The first-order valence-corrected chi connectivity index (χ1v) is 7.76. The van der Waals surface area contributed by atoms with Crippen LogP contribution >= 0.6 is 0 Å². The quantitative estimate of drug-likeness (QED) is 0.723. The highest BCUT2D eigenvalue weighted by molar-refractivity contribution is 6.01. The van der Waals surface area contributed by atoms with Gasteiger partial charge < -0.3 is 20.3 Å². The van der Waals surface area contributed by atoms with Crippen molar-refractivity contribution in [2.75, 3.05) is 11.9 Å². The number of aromatic carboxylic acids is 1. The van der Waals surface area contributed by atoms with E-state index in [1.165, 1.54) is 12.1 Å². The first-order valence-electron chi connectivity index (χ1n) is 7.76. The molecule has 6 heteroatoms. The summed E-state index contributed by atoms with van der Waals surface area (Å²) in [4.78, 5) is 23.1. The minimum Gasteiger partial charge on any atom is -0.508 e. The number of carbonyl (C=O) groups excluding carboxylic acids is 1. The molecule has 1 amide bonds. The molecule has 0 saturated carbocycles. The summed E-state index contributed by atoms with van der Waals surface area (Å²) in [6, 6.07) is 11.2. The fourth-order valence-corrected chi connectivity index (χ4v) is 2.20. The van der Waals surface area contributed by atoms with Crippen LogP contribution in [0.15, 0.2) is 42.5 Å². The smallest absolute Gasteiger partial charge is 0.337 e. The molecule has 2 aromatic carbocycles. The lowest BCUT2D eigenvalue weighted by Crippen LogP contribution is -2.21. The minimum atomic E-state index is -1.25. The summed E-state index contributed by atoms with van der Waals surface area (Å²) in [7, 11) is 0. The van der Waals surface area contributed by atoms with E-state index in [1.54, 1.807) is 12.1 Å². The third-order valence-electron chi connectivity index (χ3n) is 3.60. The summed E-state index contributed by atoms with van der Waals surface area (Å²) in [5, 5.41) is 20.9. The molecule has 0 aromatic heterocycles. The van der Waals surface area contributed by atoms with Gasteiger partial charge in [0.2, 0.25) is 0 Å². The molecule has 0 aliphatic heterocycles. The molecule has 6 nitrogen and oxygen atoms in total. The van der Waals surface area contributed by atoms with Gasteiger partial charge in [-0.05, 0) is 41.3 Å². The van der Waals surface area contributed by atoms with Crippen molar-refractivity contribution in [3.05, 3.63) is 53.6 Å². The van der Waals surface area contributed by atoms with Gasteiger partial charge in [-0.25, -0.2) is 4.79 Å². The molecule has 2 aromatic rings. The topological polar surface area (TPSA) is 95.9 Å². The summed E-state index contributed by atoms with van der Waals surface area (Å²) in [5.41, 5.74) is 1.09. The zero-order valence-electron chi connectivity index (χ0n) is 14.4. The number of hydrogen-bond donors (Lipinski definition) is 3. The summed E-state index contributed by atoms with van der Waals surface area (Å²) in [6.45, 7) is 6.06. The van der Waals surface area contributed by atoms with E-state index in [0.29, 0.717) is 5.75 Å². The number of phenolic OH excluding ortho intramolecular Hbond substituents is 1. The highest BCUT2D eigenvalue weighted by Crippen LogP contribution is 2.24. The van der Waals surface area contributed by atoms with Gasteiger partial charge in [-0.1, -0.05) is 32.9 Å². The van der Waals surface area contributed by atoms with Crippen molar-refractivity contribution in [3.8, 4) is 11.5 Å². The normalized spacial score (nSPS) is 11.0. The highest BCUT2D eigenvalue weighted by Gasteiger charge is 2.15. The molecule has 0 aliphatic rings. The summed E-state index contributed by atoms with van der Waals surface area (Å²) in [6.07, 6.45) is 0. The first kappa shape index (κ1) is 18.3. The molecular formula is C19H21NO5. The van der Waals surface area contributed by atoms with Crippen LogP contribution in [0.25, 0.3) is 0 Å². The molecule has 132 valence electrons. The Morgan fingerprint density at radius 2 is 1.72 bits per heavy atom. The fraction of sp³-hybridized carbons (Fsp3) is 0.263. The zero-order chi connectivity index (χ0) is 18.6. The van der Waals surface area contributed by atoms with E-state index in [0.717, 1.165) is 11.6 Å². The van der Waals surface area contributed by atoms with Gasteiger partial charge >= 0.3 is 5.97 Å².